The third kappa shape index (κ3) is 3.52. The lowest BCUT2D eigenvalue weighted by Crippen LogP contribution is -2.45. The molecule has 0 aliphatic heterocycles. The Kier molecular flexibility index (Phi) is 3.82. The molecule has 1 saturated carbocycles. The highest BCUT2D eigenvalue weighted by molar-refractivity contribution is 5.94. The number of hydrogen-bond donors (Lipinski definition) is 3. The Morgan fingerprint density at radius 1 is 1.32 bits per heavy atom. The quantitative estimate of drug-likeness (QED) is 0.714. The third-order valence-electron chi connectivity index (χ3n) is 2.92. The van der Waals surface area contributed by atoms with Gasteiger partial charge in [-0.1, -0.05) is 13.8 Å². The van der Waals surface area contributed by atoms with Gasteiger partial charge in [0.2, 0.25) is 11.7 Å². The number of amides is 2. The summed E-state index contributed by atoms with van der Waals surface area (Å²) < 4.78 is 0. The topological polar surface area (TPSA) is 99.8 Å². The lowest BCUT2D eigenvalue weighted by Gasteiger charge is -2.12. The first-order valence-electron chi connectivity index (χ1n) is 6.51. The molecule has 2 rings (SSSR count). The molecule has 0 radical (unpaired) electrons. The van der Waals surface area contributed by atoms with Gasteiger partial charge < -0.3 is 10.6 Å². The molecule has 1 unspecified atom stereocenters. The zero-order valence-corrected chi connectivity index (χ0v) is 11.4. The molecule has 0 saturated heterocycles. The molecule has 2 amide bonds. The highest BCUT2D eigenvalue weighted by Crippen LogP contribution is 2.18. The minimum atomic E-state index is -0.589. The summed E-state index contributed by atoms with van der Waals surface area (Å²) in [4.78, 5) is 27.6. The van der Waals surface area contributed by atoms with E-state index in [9.17, 15) is 9.59 Å². The molecule has 1 aromatic rings. The van der Waals surface area contributed by atoms with Gasteiger partial charge in [0.05, 0.1) is 0 Å². The van der Waals surface area contributed by atoms with E-state index in [0.717, 1.165) is 12.8 Å². The second kappa shape index (κ2) is 5.38. The Labute approximate surface area is 111 Å². The molecule has 0 spiro atoms. The summed E-state index contributed by atoms with van der Waals surface area (Å²) in [6.45, 7) is 5.55. The zero-order valence-electron chi connectivity index (χ0n) is 11.4. The first-order valence-corrected chi connectivity index (χ1v) is 6.51. The van der Waals surface area contributed by atoms with Gasteiger partial charge in [-0.3, -0.25) is 14.7 Å². The molecule has 1 heterocycles. The molecule has 1 aliphatic carbocycles. The van der Waals surface area contributed by atoms with E-state index in [0.29, 0.717) is 5.82 Å². The number of aromatic nitrogens is 3. The van der Waals surface area contributed by atoms with Crippen molar-refractivity contribution in [3.05, 3.63) is 11.6 Å². The second-order valence-electron chi connectivity index (χ2n) is 5.18. The van der Waals surface area contributed by atoms with Gasteiger partial charge in [0.15, 0.2) is 0 Å². The maximum atomic E-state index is 11.9. The van der Waals surface area contributed by atoms with Crippen LogP contribution in [-0.2, 0) is 4.79 Å². The Balaban J connectivity index is 1.89. The molecule has 0 bridgehead atoms. The number of aromatic amines is 1. The van der Waals surface area contributed by atoms with Crippen LogP contribution in [-0.4, -0.2) is 39.1 Å². The van der Waals surface area contributed by atoms with Crippen molar-refractivity contribution in [1.29, 1.82) is 0 Å². The van der Waals surface area contributed by atoms with Crippen molar-refractivity contribution >= 4 is 11.8 Å². The van der Waals surface area contributed by atoms with E-state index in [-0.39, 0.29) is 23.7 Å². The Morgan fingerprint density at radius 3 is 2.53 bits per heavy atom. The smallest absolute Gasteiger partial charge is 0.291 e. The molecule has 1 aliphatic rings. The average Bonchev–Trinajstić information content (AvgIpc) is 3.01. The Hall–Kier alpha value is -1.92. The summed E-state index contributed by atoms with van der Waals surface area (Å²) >= 11 is 0. The molecular weight excluding hydrogens is 246 g/mol. The predicted octanol–water partition coefficient (Wildman–Crippen LogP) is 0.325. The first kappa shape index (κ1) is 13.5. The molecule has 1 atom stereocenters. The maximum absolute atomic E-state index is 11.9. The van der Waals surface area contributed by atoms with Gasteiger partial charge in [0.25, 0.3) is 5.91 Å². The van der Waals surface area contributed by atoms with Crippen molar-refractivity contribution < 1.29 is 9.59 Å². The number of carbonyl (C=O) groups excluding carboxylic acids is 2. The second-order valence-corrected chi connectivity index (χ2v) is 5.18. The van der Waals surface area contributed by atoms with Crippen LogP contribution in [0.4, 0.5) is 0 Å². The van der Waals surface area contributed by atoms with E-state index in [1.165, 1.54) is 0 Å². The molecule has 19 heavy (non-hydrogen) atoms. The minimum absolute atomic E-state index is 0.0646. The fourth-order valence-electron chi connectivity index (χ4n) is 1.51. The van der Waals surface area contributed by atoms with Crippen LogP contribution < -0.4 is 10.6 Å². The molecule has 104 valence electrons. The number of hydrogen-bond acceptors (Lipinski definition) is 4. The highest BCUT2D eigenvalue weighted by atomic mass is 16.2. The van der Waals surface area contributed by atoms with Crippen molar-refractivity contribution in [2.24, 2.45) is 0 Å². The van der Waals surface area contributed by atoms with Gasteiger partial charge >= 0.3 is 0 Å². The summed E-state index contributed by atoms with van der Waals surface area (Å²) in [6, 6.07) is -0.308. The van der Waals surface area contributed by atoms with Crippen LogP contribution in [0.1, 0.15) is 56.0 Å². The fourth-order valence-corrected chi connectivity index (χ4v) is 1.51. The fraction of sp³-hybridized carbons (Fsp3) is 0.667. The Morgan fingerprint density at radius 2 is 2.00 bits per heavy atom. The van der Waals surface area contributed by atoms with Crippen molar-refractivity contribution in [1.82, 2.24) is 25.8 Å². The first-order chi connectivity index (χ1) is 8.97. The SMILES string of the molecule is CC(NC(=O)c1n[nH]c(C(C)C)n1)C(=O)NC1CC1. The van der Waals surface area contributed by atoms with Crippen LogP contribution in [0.3, 0.4) is 0 Å². The predicted molar refractivity (Wildman–Crippen MR) is 68.6 cm³/mol. The number of carbonyl (C=O) groups is 2. The van der Waals surface area contributed by atoms with Crippen molar-refractivity contribution in [3.8, 4) is 0 Å². The lowest BCUT2D eigenvalue weighted by molar-refractivity contribution is -0.122. The number of rotatable bonds is 5. The molecular formula is C12H19N5O2. The molecule has 1 fully saturated rings. The van der Waals surface area contributed by atoms with Crippen LogP contribution in [0.25, 0.3) is 0 Å². The minimum Gasteiger partial charge on any atom is -0.352 e. The van der Waals surface area contributed by atoms with Crippen molar-refractivity contribution in [2.75, 3.05) is 0 Å². The summed E-state index contributed by atoms with van der Waals surface area (Å²) in [5, 5.41) is 12.0. The molecule has 3 N–H and O–H groups in total. The summed E-state index contributed by atoms with van der Waals surface area (Å²) in [5.74, 6) is 0.275. The lowest BCUT2D eigenvalue weighted by atomic mass is 10.2. The average molecular weight is 265 g/mol. The van der Waals surface area contributed by atoms with Crippen LogP contribution >= 0.6 is 0 Å². The Bertz CT molecular complexity index is 478. The largest absolute Gasteiger partial charge is 0.352 e. The van der Waals surface area contributed by atoms with E-state index >= 15 is 0 Å². The van der Waals surface area contributed by atoms with Crippen LogP contribution in [0, 0.1) is 0 Å². The van der Waals surface area contributed by atoms with Gasteiger partial charge in [0, 0.05) is 12.0 Å². The van der Waals surface area contributed by atoms with Gasteiger partial charge in [-0.25, -0.2) is 4.98 Å². The monoisotopic (exact) mass is 265 g/mol. The van der Waals surface area contributed by atoms with Crippen LogP contribution in [0.5, 0.6) is 0 Å². The summed E-state index contributed by atoms with van der Waals surface area (Å²) in [6.07, 6.45) is 2.04. The van der Waals surface area contributed by atoms with Gasteiger partial charge in [-0.15, -0.1) is 5.10 Å². The van der Waals surface area contributed by atoms with Crippen LogP contribution in [0.15, 0.2) is 0 Å². The van der Waals surface area contributed by atoms with Crippen molar-refractivity contribution in [3.63, 3.8) is 0 Å². The van der Waals surface area contributed by atoms with Gasteiger partial charge in [0.1, 0.15) is 11.9 Å². The number of nitrogens with one attached hydrogen (secondary N) is 3. The zero-order chi connectivity index (χ0) is 14.0. The maximum Gasteiger partial charge on any atom is 0.291 e. The molecule has 7 nitrogen and oxygen atoms in total. The molecule has 1 aromatic heterocycles. The van der Waals surface area contributed by atoms with E-state index in [1.54, 1.807) is 6.92 Å². The standard InChI is InChI=1S/C12H19N5O2/c1-6(2)9-15-10(17-16-9)12(19)13-7(3)11(18)14-8-4-5-8/h6-8H,4-5H2,1-3H3,(H,13,19)(H,14,18)(H,15,16,17). The highest BCUT2D eigenvalue weighted by Gasteiger charge is 2.27. The van der Waals surface area contributed by atoms with E-state index < -0.39 is 11.9 Å². The van der Waals surface area contributed by atoms with E-state index in [4.69, 9.17) is 0 Å². The third-order valence-corrected chi connectivity index (χ3v) is 2.92. The van der Waals surface area contributed by atoms with Gasteiger partial charge in [-0.05, 0) is 19.8 Å². The summed E-state index contributed by atoms with van der Waals surface area (Å²) in [5.41, 5.74) is 0. The molecule has 7 heteroatoms. The normalized spacial score (nSPS) is 16.2. The molecule has 0 aromatic carbocycles. The number of nitrogens with zero attached hydrogens (tertiary/aromatic N) is 2. The number of H-pyrrole nitrogens is 1. The van der Waals surface area contributed by atoms with E-state index in [2.05, 4.69) is 25.8 Å². The van der Waals surface area contributed by atoms with Crippen molar-refractivity contribution in [2.45, 2.75) is 51.6 Å². The summed E-state index contributed by atoms with van der Waals surface area (Å²) in [7, 11) is 0. The van der Waals surface area contributed by atoms with Crippen LogP contribution in [0.2, 0.25) is 0 Å². The van der Waals surface area contributed by atoms with Gasteiger partial charge in [-0.2, -0.15) is 0 Å². The van der Waals surface area contributed by atoms with E-state index in [1.807, 2.05) is 13.8 Å².